The Bertz CT molecular complexity index is 289. The molecule has 14 heavy (non-hydrogen) atoms. The van der Waals surface area contributed by atoms with Gasteiger partial charge in [-0.25, -0.2) is 0 Å². The quantitative estimate of drug-likeness (QED) is 0.792. The number of ether oxygens (including phenoxy) is 1. The molecule has 1 rings (SSSR count). The lowest BCUT2D eigenvalue weighted by Gasteiger charge is -1.98. The maximum absolute atomic E-state index is 5.06. The van der Waals surface area contributed by atoms with Gasteiger partial charge in [-0.3, -0.25) is 4.98 Å². The zero-order valence-electron chi connectivity index (χ0n) is 7.94. The summed E-state index contributed by atoms with van der Waals surface area (Å²) >= 11 is 3.36. The summed E-state index contributed by atoms with van der Waals surface area (Å²) in [5.74, 6) is 0.793. The fourth-order valence-corrected chi connectivity index (χ4v) is 1.19. The highest BCUT2D eigenvalue weighted by atomic mass is 79.9. The van der Waals surface area contributed by atoms with Gasteiger partial charge in [-0.1, -0.05) is 28.1 Å². The second-order valence-electron chi connectivity index (χ2n) is 2.54. The van der Waals surface area contributed by atoms with E-state index in [1.54, 1.807) is 13.3 Å². The number of aromatic nitrogens is 1. The average Bonchev–Trinajstić information content (AvgIpc) is 2.19. The molecule has 0 atom stereocenters. The number of nitrogens with zero attached hydrogens (tertiary/aromatic N) is 1. The van der Waals surface area contributed by atoms with E-state index in [1.807, 2.05) is 18.3 Å². The molecule has 78 valence electrons. The lowest BCUT2D eigenvalue weighted by molar-refractivity contribution is 0.413. The van der Waals surface area contributed by atoms with Gasteiger partial charge in [0.05, 0.1) is 13.3 Å². The molecule has 2 nitrogen and oxygen atoms in total. The average molecular weight is 323 g/mol. The molecule has 0 aromatic carbocycles. The Balaban J connectivity index is 0.00000169. The summed E-state index contributed by atoms with van der Waals surface area (Å²) in [5, 5.41) is 0.987. The minimum atomic E-state index is 0. The van der Waals surface area contributed by atoms with Crippen molar-refractivity contribution in [2.24, 2.45) is 0 Å². The van der Waals surface area contributed by atoms with Crippen LogP contribution in [-0.4, -0.2) is 17.4 Å². The number of rotatable bonds is 4. The van der Waals surface area contributed by atoms with Crippen LogP contribution in [0.5, 0.6) is 5.75 Å². The van der Waals surface area contributed by atoms with Gasteiger partial charge in [-0.15, -0.1) is 17.0 Å². The second-order valence-corrected chi connectivity index (χ2v) is 3.33. The maximum Gasteiger partial charge on any atom is 0.137 e. The predicted octanol–water partition coefficient (Wildman–Crippen LogP) is 3.47. The van der Waals surface area contributed by atoms with E-state index in [-0.39, 0.29) is 17.0 Å². The number of hydrogen-bond donors (Lipinski definition) is 0. The molecule has 0 aliphatic rings. The van der Waals surface area contributed by atoms with Gasteiger partial charge in [0.1, 0.15) is 5.75 Å². The van der Waals surface area contributed by atoms with Crippen LogP contribution in [0.15, 0.2) is 24.5 Å². The van der Waals surface area contributed by atoms with Crippen molar-refractivity contribution in [3.63, 3.8) is 0 Å². The lowest BCUT2D eigenvalue weighted by Crippen LogP contribution is -1.84. The molecule has 0 N–H and O–H groups in total. The first-order valence-electron chi connectivity index (χ1n) is 4.08. The molecule has 1 aromatic rings. The van der Waals surface area contributed by atoms with E-state index in [2.05, 4.69) is 27.0 Å². The van der Waals surface area contributed by atoms with E-state index in [0.29, 0.717) is 0 Å². The van der Waals surface area contributed by atoms with E-state index in [4.69, 9.17) is 4.74 Å². The van der Waals surface area contributed by atoms with Crippen molar-refractivity contribution in [3.05, 3.63) is 30.1 Å². The molecule has 0 spiro atoms. The van der Waals surface area contributed by atoms with Crippen molar-refractivity contribution in [3.8, 4) is 5.75 Å². The van der Waals surface area contributed by atoms with Gasteiger partial charge in [0, 0.05) is 11.5 Å². The summed E-state index contributed by atoms with van der Waals surface area (Å²) in [5.41, 5.74) is 1.07. The summed E-state index contributed by atoms with van der Waals surface area (Å²) in [4.78, 5) is 4.05. The molecule has 1 heterocycles. The van der Waals surface area contributed by atoms with Gasteiger partial charge in [0.2, 0.25) is 0 Å². The van der Waals surface area contributed by atoms with Crippen LogP contribution in [0.2, 0.25) is 0 Å². The molecule has 0 saturated heterocycles. The number of alkyl halides is 1. The van der Waals surface area contributed by atoms with Crippen LogP contribution in [0.25, 0.3) is 6.08 Å². The molecule has 0 aliphatic carbocycles. The van der Waals surface area contributed by atoms with Crippen LogP contribution in [0.1, 0.15) is 12.0 Å². The standard InChI is InChI=1S/C10H12BrNO.BrH/c1-13-10-6-9(7-12-8-10)4-2-3-5-11;/h2,4,6-8H,3,5H2,1H3;1H/b4-2+;. The molecule has 0 fully saturated rings. The second kappa shape index (κ2) is 8.00. The first-order valence-corrected chi connectivity index (χ1v) is 5.20. The van der Waals surface area contributed by atoms with Gasteiger partial charge < -0.3 is 4.74 Å². The van der Waals surface area contributed by atoms with Gasteiger partial charge >= 0.3 is 0 Å². The topological polar surface area (TPSA) is 22.1 Å². The Morgan fingerprint density at radius 2 is 2.29 bits per heavy atom. The number of methoxy groups -OCH3 is 1. The molecule has 0 bridgehead atoms. The van der Waals surface area contributed by atoms with Crippen molar-refractivity contribution in [1.82, 2.24) is 4.98 Å². The molecule has 0 unspecified atom stereocenters. The first kappa shape index (κ1) is 13.7. The third kappa shape index (κ3) is 4.77. The van der Waals surface area contributed by atoms with Gasteiger partial charge in [-0.05, 0) is 18.1 Å². The lowest BCUT2D eigenvalue weighted by atomic mass is 10.2. The van der Waals surface area contributed by atoms with E-state index in [0.717, 1.165) is 23.1 Å². The minimum Gasteiger partial charge on any atom is -0.495 e. The van der Waals surface area contributed by atoms with E-state index in [1.165, 1.54) is 0 Å². The molecule has 0 saturated carbocycles. The maximum atomic E-state index is 5.06. The Hall–Kier alpha value is -0.350. The van der Waals surface area contributed by atoms with Crippen LogP contribution >= 0.6 is 32.9 Å². The van der Waals surface area contributed by atoms with E-state index < -0.39 is 0 Å². The van der Waals surface area contributed by atoms with Crippen LogP contribution in [0.3, 0.4) is 0 Å². The van der Waals surface area contributed by atoms with E-state index >= 15 is 0 Å². The monoisotopic (exact) mass is 321 g/mol. The van der Waals surface area contributed by atoms with Crippen molar-refractivity contribution in [2.45, 2.75) is 6.42 Å². The summed E-state index contributed by atoms with van der Waals surface area (Å²) in [7, 11) is 1.64. The summed E-state index contributed by atoms with van der Waals surface area (Å²) in [6.07, 6.45) is 8.67. The number of allylic oxidation sites excluding steroid dienone is 1. The summed E-state index contributed by atoms with van der Waals surface area (Å²) in [6, 6.07) is 1.96. The fraction of sp³-hybridized carbons (Fsp3) is 0.300. The predicted molar refractivity (Wildman–Crippen MR) is 68.6 cm³/mol. The number of halogens is 2. The largest absolute Gasteiger partial charge is 0.495 e. The fourth-order valence-electron chi connectivity index (χ4n) is 0.921. The molecular formula is C10H13Br2NO. The smallest absolute Gasteiger partial charge is 0.137 e. The Kier molecular flexibility index (Phi) is 7.80. The molecule has 1 aromatic heterocycles. The van der Waals surface area contributed by atoms with Gasteiger partial charge in [-0.2, -0.15) is 0 Å². The van der Waals surface area contributed by atoms with Gasteiger partial charge in [0.25, 0.3) is 0 Å². The molecule has 4 heteroatoms. The van der Waals surface area contributed by atoms with Crippen LogP contribution in [0.4, 0.5) is 0 Å². The normalized spacial score (nSPS) is 9.86. The molecular weight excluding hydrogens is 310 g/mol. The number of pyridine rings is 1. The highest BCUT2D eigenvalue weighted by Gasteiger charge is 1.91. The molecule has 0 aliphatic heterocycles. The van der Waals surface area contributed by atoms with Gasteiger partial charge in [0.15, 0.2) is 0 Å². The van der Waals surface area contributed by atoms with E-state index in [9.17, 15) is 0 Å². The SMILES string of the molecule is Br.COc1cncc(/C=C/CCBr)c1. The highest BCUT2D eigenvalue weighted by Crippen LogP contribution is 2.11. The Morgan fingerprint density at radius 1 is 1.50 bits per heavy atom. The van der Waals surface area contributed by atoms with Crippen LogP contribution < -0.4 is 4.74 Å². The highest BCUT2D eigenvalue weighted by molar-refractivity contribution is 9.09. The molecule has 0 radical (unpaired) electrons. The third-order valence-corrected chi connectivity index (χ3v) is 2.01. The summed E-state index contributed by atoms with van der Waals surface area (Å²) in [6.45, 7) is 0. The summed E-state index contributed by atoms with van der Waals surface area (Å²) < 4.78 is 5.06. The zero-order valence-corrected chi connectivity index (χ0v) is 11.2. The minimum absolute atomic E-state index is 0. The zero-order chi connectivity index (χ0) is 9.52. The Morgan fingerprint density at radius 3 is 2.93 bits per heavy atom. The molecule has 0 amide bonds. The third-order valence-electron chi connectivity index (χ3n) is 1.56. The van der Waals surface area contributed by atoms with Crippen molar-refractivity contribution >= 4 is 39.0 Å². The van der Waals surface area contributed by atoms with Crippen molar-refractivity contribution in [2.75, 3.05) is 12.4 Å². The van der Waals surface area contributed by atoms with Crippen molar-refractivity contribution < 1.29 is 4.74 Å². The van der Waals surface area contributed by atoms with Crippen LogP contribution in [-0.2, 0) is 0 Å². The Labute approximate surface area is 103 Å². The van der Waals surface area contributed by atoms with Crippen molar-refractivity contribution in [1.29, 1.82) is 0 Å². The first-order chi connectivity index (χ1) is 6.36. The van der Waals surface area contributed by atoms with Crippen LogP contribution in [0, 0.1) is 0 Å². The number of hydrogen-bond acceptors (Lipinski definition) is 2.